The Balaban J connectivity index is 0.00000484. The first-order valence-electron chi connectivity index (χ1n) is 6.63. The molecular formula is C12H21ClFN3O4S2. The van der Waals surface area contributed by atoms with E-state index in [0.29, 0.717) is 6.42 Å². The van der Waals surface area contributed by atoms with Crippen molar-refractivity contribution in [1.82, 2.24) is 4.72 Å². The van der Waals surface area contributed by atoms with Gasteiger partial charge in [0.15, 0.2) is 0 Å². The lowest BCUT2D eigenvalue weighted by Crippen LogP contribution is -2.37. The normalized spacial score (nSPS) is 13.2. The largest absolute Gasteiger partial charge is 0.329 e. The summed E-state index contributed by atoms with van der Waals surface area (Å²) in [5.74, 6) is -1.12. The van der Waals surface area contributed by atoms with Crippen molar-refractivity contribution in [3.05, 3.63) is 24.0 Å². The fraction of sp³-hybridized carbons (Fsp3) is 0.500. The Morgan fingerprint density at radius 3 is 2.35 bits per heavy atom. The molecule has 0 amide bonds. The quantitative estimate of drug-likeness (QED) is 0.613. The molecule has 0 fully saturated rings. The zero-order chi connectivity index (χ0) is 17.0. The number of rotatable bonds is 8. The number of nitrogens with one attached hydrogen (secondary N) is 2. The SMILES string of the molecule is CCCS(=O)(=O)Nc1ccc(S(=O)(=O)N[C@@H](C)CN)cc1F.Cl. The monoisotopic (exact) mass is 389 g/mol. The van der Waals surface area contributed by atoms with Crippen LogP contribution in [0.1, 0.15) is 20.3 Å². The molecule has 0 aliphatic heterocycles. The van der Waals surface area contributed by atoms with E-state index in [0.717, 1.165) is 18.2 Å². The minimum Gasteiger partial charge on any atom is -0.329 e. The van der Waals surface area contributed by atoms with Crippen LogP contribution in [-0.4, -0.2) is 35.2 Å². The van der Waals surface area contributed by atoms with Crippen molar-refractivity contribution in [2.75, 3.05) is 17.0 Å². The molecule has 1 aromatic carbocycles. The summed E-state index contributed by atoms with van der Waals surface area (Å²) in [5.41, 5.74) is 5.04. The minimum absolute atomic E-state index is 0. The maximum Gasteiger partial charge on any atom is 0.240 e. The van der Waals surface area contributed by atoms with Crippen molar-refractivity contribution in [2.24, 2.45) is 5.73 Å². The third-order valence-corrected chi connectivity index (χ3v) is 5.76. The van der Waals surface area contributed by atoms with Gasteiger partial charge in [-0.05, 0) is 31.5 Å². The van der Waals surface area contributed by atoms with Crippen LogP contribution in [0.3, 0.4) is 0 Å². The van der Waals surface area contributed by atoms with Gasteiger partial charge in [0, 0.05) is 12.6 Å². The molecule has 134 valence electrons. The summed E-state index contributed by atoms with van der Waals surface area (Å²) in [5, 5.41) is 0. The highest BCUT2D eigenvalue weighted by molar-refractivity contribution is 7.92. The number of hydrogen-bond acceptors (Lipinski definition) is 5. The molecular weight excluding hydrogens is 369 g/mol. The average Bonchev–Trinajstić information content (AvgIpc) is 2.40. The Hall–Kier alpha value is -0.940. The second-order valence-corrected chi connectivity index (χ2v) is 8.38. The van der Waals surface area contributed by atoms with Gasteiger partial charge in [-0.1, -0.05) is 6.92 Å². The van der Waals surface area contributed by atoms with Crippen molar-refractivity contribution in [2.45, 2.75) is 31.2 Å². The Labute approximate surface area is 142 Å². The highest BCUT2D eigenvalue weighted by atomic mass is 35.5. The molecule has 0 spiro atoms. The van der Waals surface area contributed by atoms with Gasteiger partial charge in [-0.25, -0.2) is 25.9 Å². The molecule has 1 aromatic rings. The fourth-order valence-corrected chi connectivity index (χ4v) is 4.02. The molecule has 0 aliphatic rings. The fourth-order valence-electron chi connectivity index (χ4n) is 1.61. The third kappa shape index (κ3) is 6.60. The predicted octanol–water partition coefficient (Wildman–Crippen LogP) is 1.02. The highest BCUT2D eigenvalue weighted by Crippen LogP contribution is 2.20. The molecule has 0 unspecified atom stereocenters. The summed E-state index contributed by atoms with van der Waals surface area (Å²) in [6.07, 6.45) is 0.379. The van der Waals surface area contributed by atoms with E-state index in [1.165, 1.54) is 0 Å². The highest BCUT2D eigenvalue weighted by Gasteiger charge is 2.19. The molecule has 4 N–H and O–H groups in total. The molecule has 1 atom stereocenters. The van der Waals surface area contributed by atoms with Gasteiger partial charge >= 0.3 is 0 Å². The van der Waals surface area contributed by atoms with Crippen molar-refractivity contribution in [3.8, 4) is 0 Å². The van der Waals surface area contributed by atoms with Gasteiger partial charge < -0.3 is 5.73 Å². The molecule has 11 heteroatoms. The lowest BCUT2D eigenvalue weighted by Gasteiger charge is -2.13. The average molecular weight is 390 g/mol. The van der Waals surface area contributed by atoms with E-state index in [1.54, 1.807) is 13.8 Å². The number of sulfonamides is 2. The first-order chi connectivity index (χ1) is 10.1. The van der Waals surface area contributed by atoms with E-state index in [1.807, 2.05) is 0 Å². The summed E-state index contributed by atoms with van der Waals surface area (Å²) in [6, 6.07) is 2.45. The third-order valence-electron chi connectivity index (χ3n) is 2.70. The Morgan fingerprint density at radius 1 is 1.26 bits per heavy atom. The number of hydrogen-bond donors (Lipinski definition) is 3. The molecule has 23 heavy (non-hydrogen) atoms. The van der Waals surface area contributed by atoms with Gasteiger partial charge in [-0.15, -0.1) is 12.4 Å². The zero-order valence-corrected chi connectivity index (χ0v) is 15.2. The van der Waals surface area contributed by atoms with Gasteiger partial charge in [0.25, 0.3) is 0 Å². The van der Waals surface area contributed by atoms with Gasteiger partial charge in [-0.2, -0.15) is 0 Å². The van der Waals surface area contributed by atoms with Crippen LogP contribution in [0.5, 0.6) is 0 Å². The predicted molar refractivity (Wildman–Crippen MR) is 90.2 cm³/mol. The van der Waals surface area contributed by atoms with Gasteiger partial charge in [0.05, 0.1) is 16.3 Å². The van der Waals surface area contributed by atoms with Crippen molar-refractivity contribution in [3.63, 3.8) is 0 Å². The number of halogens is 2. The molecule has 7 nitrogen and oxygen atoms in total. The second-order valence-electron chi connectivity index (χ2n) is 4.82. The van der Waals surface area contributed by atoms with Crippen LogP contribution in [0.4, 0.5) is 10.1 Å². The second kappa shape index (κ2) is 8.78. The summed E-state index contributed by atoms with van der Waals surface area (Å²) < 4.78 is 65.4. The van der Waals surface area contributed by atoms with E-state index in [-0.39, 0.29) is 35.3 Å². The Bertz CT molecular complexity index is 726. The van der Waals surface area contributed by atoms with E-state index < -0.39 is 31.9 Å². The van der Waals surface area contributed by atoms with Crippen molar-refractivity contribution < 1.29 is 21.2 Å². The molecule has 0 bridgehead atoms. The maximum absolute atomic E-state index is 13.9. The molecule has 0 heterocycles. The molecule has 0 saturated heterocycles. The van der Waals surface area contributed by atoms with Crippen LogP contribution in [0, 0.1) is 5.82 Å². The summed E-state index contributed by atoms with van der Waals surface area (Å²) in [6.45, 7) is 3.34. The lowest BCUT2D eigenvalue weighted by molar-refractivity contribution is 0.560. The first-order valence-corrected chi connectivity index (χ1v) is 9.77. The number of nitrogens with two attached hydrogens (primary N) is 1. The van der Waals surface area contributed by atoms with Crippen LogP contribution in [0.25, 0.3) is 0 Å². The molecule has 1 rings (SSSR count). The topological polar surface area (TPSA) is 118 Å². The van der Waals surface area contributed by atoms with Crippen molar-refractivity contribution >= 4 is 38.1 Å². The Morgan fingerprint density at radius 2 is 1.87 bits per heavy atom. The van der Waals surface area contributed by atoms with Crippen LogP contribution in [0.2, 0.25) is 0 Å². The van der Waals surface area contributed by atoms with Gasteiger partial charge in [-0.3, -0.25) is 4.72 Å². The smallest absolute Gasteiger partial charge is 0.240 e. The number of anilines is 1. The first kappa shape index (κ1) is 22.1. The summed E-state index contributed by atoms with van der Waals surface area (Å²) in [4.78, 5) is -0.302. The summed E-state index contributed by atoms with van der Waals surface area (Å²) >= 11 is 0. The van der Waals surface area contributed by atoms with E-state index in [2.05, 4.69) is 9.44 Å². The number of benzene rings is 1. The molecule has 0 saturated carbocycles. The van der Waals surface area contributed by atoms with Gasteiger partial charge in [0.2, 0.25) is 20.0 Å². The van der Waals surface area contributed by atoms with E-state index in [4.69, 9.17) is 5.73 Å². The maximum atomic E-state index is 13.9. The van der Waals surface area contributed by atoms with Crippen molar-refractivity contribution in [1.29, 1.82) is 0 Å². The van der Waals surface area contributed by atoms with Crippen LogP contribution >= 0.6 is 12.4 Å². The molecule has 0 aromatic heterocycles. The lowest BCUT2D eigenvalue weighted by atomic mass is 10.3. The molecule has 0 aliphatic carbocycles. The standard InChI is InChI=1S/C12H20FN3O4S2.ClH/c1-3-6-21(17,18)16-12-5-4-10(7-11(12)13)22(19,20)15-9(2)8-14;/h4-5,7,9,15-16H,3,6,8,14H2,1-2H3;1H/t9-;/m0./s1. The van der Waals surface area contributed by atoms with Crippen LogP contribution in [-0.2, 0) is 20.0 Å². The van der Waals surface area contributed by atoms with E-state index in [9.17, 15) is 21.2 Å². The Kier molecular flexibility index (Phi) is 8.43. The minimum atomic E-state index is -3.91. The van der Waals surface area contributed by atoms with Crippen LogP contribution in [0.15, 0.2) is 23.1 Å². The van der Waals surface area contributed by atoms with Gasteiger partial charge in [0.1, 0.15) is 5.82 Å². The van der Waals surface area contributed by atoms with Crippen LogP contribution < -0.4 is 15.2 Å². The zero-order valence-electron chi connectivity index (χ0n) is 12.7. The van der Waals surface area contributed by atoms with E-state index >= 15 is 0 Å². The molecule has 0 radical (unpaired) electrons. The summed E-state index contributed by atoms with van der Waals surface area (Å²) in [7, 11) is -7.56.